The van der Waals surface area contributed by atoms with E-state index < -0.39 is 5.97 Å². The molecule has 1 aliphatic heterocycles. The number of hydrogen-bond acceptors (Lipinski definition) is 2. The smallest absolute Gasteiger partial charge is 0.352 e. The second-order valence-electron chi connectivity index (χ2n) is 4.20. The van der Waals surface area contributed by atoms with E-state index in [0.717, 1.165) is 0 Å². The van der Waals surface area contributed by atoms with Crippen molar-refractivity contribution in [1.82, 2.24) is 9.47 Å². The number of aromatic carboxylic acids is 1. The van der Waals surface area contributed by atoms with Crippen LogP contribution >= 0.6 is 0 Å². The quantitative estimate of drug-likeness (QED) is 0.817. The Balaban J connectivity index is 2.07. The molecule has 2 rings (SSSR count). The minimum absolute atomic E-state index is 0.133. The van der Waals surface area contributed by atoms with Gasteiger partial charge in [0.25, 0.3) is 0 Å². The molecule has 1 aliphatic rings. The Morgan fingerprint density at radius 3 is 2.94 bits per heavy atom. The lowest BCUT2D eigenvalue weighted by Crippen LogP contribution is -2.20. The van der Waals surface area contributed by atoms with Crippen LogP contribution in [0.3, 0.4) is 0 Å². The number of aromatic nitrogens is 1. The second kappa shape index (κ2) is 4.00. The van der Waals surface area contributed by atoms with Gasteiger partial charge in [-0.1, -0.05) is 0 Å². The molecule has 5 heteroatoms. The molecule has 0 aliphatic carbocycles. The van der Waals surface area contributed by atoms with Crippen molar-refractivity contribution in [2.75, 3.05) is 13.6 Å². The summed E-state index contributed by atoms with van der Waals surface area (Å²) in [4.78, 5) is 23.9. The molecule has 1 aromatic rings. The molecular weight excluding hydrogens is 208 g/mol. The van der Waals surface area contributed by atoms with E-state index in [4.69, 9.17) is 5.11 Å². The van der Waals surface area contributed by atoms with Crippen LogP contribution in [0.2, 0.25) is 0 Å². The number of hydrogen-bond donors (Lipinski definition) is 1. The molecule has 5 nitrogen and oxygen atoms in total. The van der Waals surface area contributed by atoms with E-state index in [-0.39, 0.29) is 17.5 Å². The molecule has 0 saturated carbocycles. The fourth-order valence-corrected chi connectivity index (χ4v) is 2.12. The number of amides is 1. The van der Waals surface area contributed by atoms with E-state index >= 15 is 0 Å². The fourth-order valence-electron chi connectivity index (χ4n) is 2.12. The zero-order valence-electron chi connectivity index (χ0n) is 9.09. The summed E-state index contributed by atoms with van der Waals surface area (Å²) in [5.41, 5.74) is 0.280. The first-order valence-electron chi connectivity index (χ1n) is 5.20. The molecule has 1 fully saturated rings. The van der Waals surface area contributed by atoms with E-state index in [2.05, 4.69) is 0 Å². The van der Waals surface area contributed by atoms with Crippen molar-refractivity contribution >= 4 is 11.9 Å². The first-order chi connectivity index (χ1) is 7.58. The minimum Gasteiger partial charge on any atom is -0.477 e. The van der Waals surface area contributed by atoms with Gasteiger partial charge in [0.2, 0.25) is 5.91 Å². The highest BCUT2D eigenvalue weighted by Crippen LogP contribution is 2.19. The van der Waals surface area contributed by atoms with Crippen LogP contribution in [0.25, 0.3) is 0 Å². The van der Waals surface area contributed by atoms with Gasteiger partial charge in [0.15, 0.2) is 0 Å². The van der Waals surface area contributed by atoms with Crippen LogP contribution in [-0.4, -0.2) is 40.0 Å². The highest BCUT2D eigenvalue weighted by molar-refractivity contribution is 5.85. The monoisotopic (exact) mass is 222 g/mol. The Hall–Kier alpha value is -1.78. The number of rotatable bonds is 3. The first kappa shape index (κ1) is 10.7. The largest absolute Gasteiger partial charge is 0.477 e. The lowest BCUT2D eigenvalue weighted by molar-refractivity contribution is -0.126. The van der Waals surface area contributed by atoms with Crippen LogP contribution in [0.1, 0.15) is 16.9 Å². The molecule has 0 spiro atoms. The molecule has 1 saturated heterocycles. The summed E-state index contributed by atoms with van der Waals surface area (Å²) in [6.45, 7) is 1.29. The molecule has 1 N–H and O–H groups in total. The van der Waals surface area contributed by atoms with Gasteiger partial charge in [0.1, 0.15) is 5.69 Å². The van der Waals surface area contributed by atoms with Gasteiger partial charge in [-0.25, -0.2) is 4.79 Å². The molecule has 1 unspecified atom stereocenters. The van der Waals surface area contributed by atoms with Crippen LogP contribution in [-0.2, 0) is 11.3 Å². The van der Waals surface area contributed by atoms with Crippen LogP contribution < -0.4 is 0 Å². The summed E-state index contributed by atoms with van der Waals surface area (Å²) in [6.07, 6.45) is 2.25. The van der Waals surface area contributed by atoms with Crippen LogP contribution in [0.4, 0.5) is 0 Å². The Bertz CT molecular complexity index is 425. The predicted molar refractivity (Wildman–Crippen MR) is 57.1 cm³/mol. The zero-order chi connectivity index (χ0) is 11.7. The van der Waals surface area contributed by atoms with Gasteiger partial charge in [0.05, 0.1) is 0 Å². The highest BCUT2D eigenvalue weighted by Gasteiger charge is 2.27. The van der Waals surface area contributed by atoms with Gasteiger partial charge in [-0.05, 0) is 12.1 Å². The number of likely N-dealkylation sites (tertiary alicyclic amines) is 1. The number of carboxylic acid groups (broad SMARTS) is 1. The molecule has 0 bridgehead atoms. The van der Waals surface area contributed by atoms with Crippen molar-refractivity contribution < 1.29 is 14.7 Å². The first-order valence-corrected chi connectivity index (χ1v) is 5.20. The summed E-state index contributed by atoms with van der Waals surface area (Å²) in [5, 5.41) is 8.93. The van der Waals surface area contributed by atoms with Gasteiger partial charge in [-0.3, -0.25) is 4.79 Å². The zero-order valence-corrected chi connectivity index (χ0v) is 9.09. The van der Waals surface area contributed by atoms with Crippen molar-refractivity contribution in [3.8, 4) is 0 Å². The highest BCUT2D eigenvalue weighted by atomic mass is 16.4. The lowest BCUT2D eigenvalue weighted by atomic mass is 10.1. The number of carbonyl (C=O) groups is 2. The maximum atomic E-state index is 11.3. The number of nitrogens with zero attached hydrogens (tertiary/aromatic N) is 2. The minimum atomic E-state index is -0.928. The van der Waals surface area contributed by atoms with E-state index in [9.17, 15) is 9.59 Å². The van der Waals surface area contributed by atoms with E-state index in [1.54, 1.807) is 34.8 Å². The molecule has 86 valence electrons. The summed E-state index contributed by atoms with van der Waals surface area (Å²) < 4.78 is 1.69. The molecule has 1 aromatic heterocycles. The van der Waals surface area contributed by atoms with E-state index in [1.807, 2.05) is 0 Å². The number of carbonyl (C=O) groups excluding carboxylic acids is 1. The van der Waals surface area contributed by atoms with Crippen molar-refractivity contribution in [2.24, 2.45) is 5.92 Å². The molecule has 1 atom stereocenters. The third-order valence-electron chi connectivity index (χ3n) is 2.92. The Morgan fingerprint density at radius 2 is 2.38 bits per heavy atom. The maximum absolute atomic E-state index is 11.3. The van der Waals surface area contributed by atoms with Gasteiger partial charge >= 0.3 is 5.97 Å². The number of carboxylic acids is 1. The topological polar surface area (TPSA) is 62.5 Å². The Labute approximate surface area is 93.3 Å². The fraction of sp³-hybridized carbons (Fsp3) is 0.455. The van der Waals surface area contributed by atoms with Crippen molar-refractivity contribution in [2.45, 2.75) is 13.0 Å². The Kier molecular flexibility index (Phi) is 2.68. The average Bonchev–Trinajstić information content (AvgIpc) is 2.75. The standard InChI is InChI=1S/C11H14N2O3/c1-12-6-8(5-10(12)14)7-13-4-2-3-9(13)11(15)16/h2-4,8H,5-7H2,1H3,(H,15,16). The van der Waals surface area contributed by atoms with Crippen LogP contribution in [0.15, 0.2) is 18.3 Å². The maximum Gasteiger partial charge on any atom is 0.352 e. The van der Waals surface area contributed by atoms with Gasteiger partial charge in [-0.15, -0.1) is 0 Å². The van der Waals surface area contributed by atoms with Gasteiger partial charge in [-0.2, -0.15) is 0 Å². The molecule has 0 aromatic carbocycles. The summed E-state index contributed by atoms with van der Waals surface area (Å²) >= 11 is 0. The molecular formula is C11H14N2O3. The molecule has 16 heavy (non-hydrogen) atoms. The van der Waals surface area contributed by atoms with Gasteiger partial charge in [0, 0.05) is 38.7 Å². The SMILES string of the molecule is CN1CC(Cn2cccc2C(=O)O)CC1=O. The summed E-state index contributed by atoms with van der Waals surface area (Å²) in [6, 6.07) is 3.28. The molecule has 0 radical (unpaired) electrons. The Morgan fingerprint density at radius 1 is 1.62 bits per heavy atom. The summed E-state index contributed by atoms with van der Waals surface area (Å²) in [7, 11) is 1.77. The lowest BCUT2D eigenvalue weighted by Gasteiger charge is -2.12. The van der Waals surface area contributed by atoms with Crippen molar-refractivity contribution in [3.63, 3.8) is 0 Å². The summed E-state index contributed by atoms with van der Waals surface area (Å²) in [5.74, 6) is -0.584. The van der Waals surface area contributed by atoms with Crippen molar-refractivity contribution in [3.05, 3.63) is 24.0 Å². The third kappa shape index (κ3) is 1.93. The van der Waals surface area contributed by atoms with Crippen molar-refractivity contribution in [1.29, 1.82) is 0 Å². The normalized spacial score (nSPS) is 20.4. The van der Waals surface area contributed by atoms with Gasteiger partial charge < -0.3 is 14.6 Å². The average molecular weight is 222 g/mol. The van der Waals surface area contributed by atoms with E-state index in [0.29, 0.717) is 19.5 Å². The van der Waals surface area contributed by atoms with Crippen LogP contribution in [0.5, 0.6) is 0 Å². The van der Waals surface area contributed by atoms with E-state index in [1.165, 1.54) is 0 Å². The second-order valence-corrected chi connectivity index (χ2v) is 4.20. The molecule has 2 heterocycles. The molecule has 1 amide bonds. The predicted octanol–water partition coefficient (Wildman–Crippen LogP) is 0.665. The third-order valence-corrected chi connectivity index (χ3v) is 2.92. The van der Waals surface area contributed by atoms with Crippen LogP contribution in [0, 0.1) is 5.92 Å².